The predicted molar refractivity (Wildman–Crippen MR) is 173 cm³/mol. The molecule has 0 saturated heterocycles. The molecule has 2 N–H and O–H groups in total. The predicted octanol–water partition coefficient (Wildman–Crippen LogP) is -13.0. The van der Waals surface area contributed by atoms with Crippen molar-refractivity contribution in [2.75, 3.05) is 32.7 Å². The van der Waals surface area contributed by atoms with Crippen LogP contribution in [-0.2, 0) is 45.8 Å². The van der Waals surface area contributed by atoms with Crippen LogP contribution in [0.25, 0.3) is 0 Å². The average Bonchev–Trinajstić information content (AvgIpc) is 3.40. The standard InChI is InChI=1S/C37H59N3O12.Mn.3Na/c1-21(4-11-31(43)44)25-7-8-26-24-6-5-22-16-23(12-13-36(22,2)27(24)17-29(41)37(25,26)3)38-30(42)10-9-28(35(51)52)40(20-34(49)50)15-14-39(18-32(45)46)19-33(47)48;;;;/h21-29,41H,4-20H2,1-3H3,(H,38,42)(H,43,44)(H,45,46)(H,47,48)(H,49,50)(H,51,52);;;;/q;+2;3*+1/p-5/t21?,22?,23-,24?,25+,26?,27?,28+,29-,36-,37+;;;;/m0..../s1. The quantitative estimate of drug-likeness (QED) is 0.115. The van der Waals surface area contributed by atoms with Gasteiger partial charge in [-0.2, -0.15) is 0 Å². The normalized spacial score (nSPS) is 31.3. The molecular weight excluding hydrogens is 802 g/mol. The monoisotopic (exact) mass is 856 g/mol. The van der Waals surface area contributed by atoms with Crippen molar-refractivity contribution in [2.24, 2.45) is 46.3 Å². The molecule has 11 atom stereocenters. The molecule has 15 nitrogen and oxygen atoms in total. The molecule has 1 amide bonds. The summed E-state index contributed by atoms with van der Waals surface area (Å²) >= 11 is 0. The minimum Gasteiger partial charge on any atom is -0.550 e. The first kappa shape index (κ1) is 56.2. The minimum absolute atomic E-state index is 0. The van der Waals surface area contributed by atoms with Gasteiger partial charge in [-0.15, -0.1) is 0 Å². The summed E-state index contributed by atoms with van der Waals surface area (Å²) in [6.45, 7) is 3.48. The summed E-state index contributed by atoms with van der Waals surface area (Å²) in [6.07, 6.45) is 6.62. The van der Waals surface area contributed by atoms with Crippen molar-refractivity contribution in [3.63, 3.8) is 0 Å². The Morgan fingerprint density at radius 3 is 1.91 bits per heavy atom. The Morgan fingerprint density at radius 1 is 0.750 bits per heavy atom. The van der Waals surface area contributed by atoms with Crippen molar-refractivity contribution in [1.29, 1.82) is 0 Å². The Bertz CT molecular complexity index is 1350. The van der Waals surface area contributed by atoms with Crippen molar-refractivity contribution in [3.05, 3.63) is 0 Å². The summed E-state index contributed by atoms with van der Waals surface area (Å²) in [5, 5.41) is 71.6. The van der Waals surface area contributed by atoms with Crippen LogP contribution in [0, 0.1) is 46.3 Å². The van der Waals surface area contributed by atoms with Crippen LogP contribution in [0.3, 0.4) is 0 Å². The number of aliphatic carboxylic acids is 5. The summed E-state index contributed by atoms with van der Waals surface area (Å²) in [6, 6.07) is -1.68. The van der Waals surface area contributed by atoms with E-state index in [1.165, 1.54) is 0 Å². The molecule has 0 heterocycles. The molecule has 299 valence electrons. The van der Waals surface area contributed by atoms with Gasteiger partial charge >= 0.3 is 106 Å². The van der Waals surface area contributed by atoms with E-state index in [1.54, 1.807) is 0 Å². The van der Waals surface area contributed by atoms with Gasteiger partial charge in [0.05, 0.1) is 36.0 Å². The van der Waals surface area contributed by atoms with Crippen LogP contribution in [0.2, 0.25) is 0 Å². The zero-order chi connectivity index (χ0) is 38.5. The zero-order valence-corrected chi connectivity index (χ0v) is 41.1. The number of fused-ring (bicyclic) bond motifs is 5. The molecule has 4 rings (SSSR count). The third-order valence-electron chi connectivity index (χ3n) is 13.8. The van der Waals surface area contributed by atoms with Gasteiger partial charge in [0, 0.05) is 51.2 Å². The number of carbonyl (C=O) groups excluding carboxylic acids is 6. The molecule has 0 bridgehead atoms. The van der Waals surface area contributed by atoms with Crippen molar-refractivity contribution in [2.45, 2.75) is 116 Å². The molecule has 4 aliphatic carbocycles. The van der Waals surface area contributed by atoms with Crippen LogP contribution >= 0.6 is 0 Å². The number of hydrogen-bond acceptors (Lipinski definition) is 14. The second kappa shape index (κ2) is 24.6. The molecule has 4 fully saturated rings. The number of aliphatic hydroxyl groups excluding tert-OH is 1. The maximum Gasteiger partial charge on any atom is 2.00 e. The van der Waals surface area contributed by atoms with Crippen LogP contribution in [-0.4, -0.2) is 102 Å². The van der Waals surface area contributed by atoms with Crippen molar-refractivity contribution < 1.29 is 165 Å². The van der Waals surface area contributed by atoms with Crippen molar-refractivity contribution >= 4 is 35.8 Å². The van der Waals surface area contributed by atoms with Gasteiger partial charge in [0.15, 0.2) is 0 Å². The van der Waals surface area contributed by atoms with Gasteiger partial charge in [0.1, 0.15) is 0 Å². The first-order valence-corrected chi connectivity index (χ1v) is 18.8. The third-order valence-corrected chi connectivity index (χ3v) is 13.8. The van der Waals surface area contributed by atoms with Crippen molar-refractivity contribution in [3.8, 4) is 0 Å². The molecule has 0 spiro atoms. The Kier molecular flexibility index (Phi) is 24.7. The van der Waals surface area contributed by atoms with E-state index in [9.17, 15) is 59.4 Å². The number of carbonyl (C=O) groups is 6. The molecule has 4 saturated carbocycles. The fourth-order valence-corrected chi connectivity index (χ4v) is 11.2. The zero-order valence-electron chi connectivity index (χ0n) is 33.9. The van der Waals surface area contributed by atoms with E-state index in [-0.39, 0.29) is 167 Å². The number of carboxylic acid groups (broad SMARTS) is 5. The van der Waals surface area contributed by atoms with E-state index in [2.05, 4.69) is 26.1 Å². The largest absolute Gasteiger partial charge is 2.00 e. The van der Waals surface area contributed by atoms with Gasteiger partial charge in [-0.25, -0.2) is 0 Å². The maximum absolute atomic E-state index is 13.1. The van der Waals surface area contributed by atoms with E-state index in [4.69, 9.17) is 0 Å². The minimum atomic E-state index is -1.64. The fourth-order valence-electron chi connectivity index (χ4n) is 11.2. The Balaban J connectivity index is 0.00000756. The van der Waals surface area contributed by atoms with E-state index < -0.39 is 67.5 Å². The number of hydrogen-bond donors (Lipinski definition) is 2. The fraction of sp³-hybridized carbons (Fsp3) is 0.838. The van der Waals surface area contributed by atoms with Gasteiger partial charge in [0.25, 0.3) is 0 Å². The average molecular weight is 857 g/mol. The van der Waals surface area contributed by atoms with Crippen molar-refractivity contribution in [1.82, 2.24) is 15.1 Å². The molecule has 1 radical (unpaired) electrons. The van der Waals surface area contributed by atoms with E-state index >= 15 is 0 Å². The van der Waals surface area contributed by atoms with Gasteiger partial charge in [-0.3, -0.25) is 14.6 Å². The molecule has 56 heavy (non-hydrogen) atoms. The number of amides is 1. The van der Waals surface area contributed by atoms with Crippen LogP contribution < -0.4 is 120 Å². The molecule has 19 heteroatoms. The topological polar surface area (TPSA) is 256 Å². The third kappa shape index (κ3) is 13.9. The Morgan fingerprint density at radius 2 is 1.36 bits per heavy atom. The van der Waals surface area contributed by atoms with Crippen LogP contribution in [0.15, 0.2) is 0 Å². The Labute approximate surface area is 406 Å². The number of aliphatic hydroxyl groups is 1. The van der Waals surface area contributed by atoms with Gasteiger partial charge in [0.2, 0.25) is 5.91 Å². The van der Waals surface area contributed by atoms with E-state index in [1.807, 2.05) is 0 Å². The molecular formula is C37H54MnN3Na3O12. The van der Waals surface area contributed by atoms with Crippen LogP contribution in [0.1, 0.15) is 97.8 Å². The summed E-state index contributed by atoms with van der Waals surface area (Å²) in [7, 11) is 0. The maximum atomic E-state index is 13.1. The second-order valence-corrected chi connectivity index (χ2v) is 16.6. The molecule has 0 aromatic heterocycles. The summed E-state index contributed by atoms with van der Waals surface area (Å²) in [5.74, 6) is -5.94. The summed E-state index contributed by atoms with van der Waals surface area (Å²) in [4.78, 5) is 71.7. The van der Waals surface area contributed by atoms with Gasteiger partial charge < -0.3 is 59.9 Å². The molecule has 0 aromatic rings. The number of carboxylic acids is 5. The van der Waals surface area contributed by atoms with E-state index in [0.717, 1.165) is 54.7 Å². The van der Waals surface area contributed by atoms with E-state index in [0.29, 0.717) is 36.5 Å². The summed E-state index contributed by atoms with van der Waals surface area (Å²) in [5.41, 5.74) is -0.274. The van der Waals surface area contributed by atoms with Crippen LogP contribution in [0.5, 0.6) is 0 Å². The summed E-state index contributed by atoms with van der Waals surface area (Å²) < 4.78 is 0. The first-order chi connectivity index (χ1) is 24.4. The van der Waals surface area contributed by atoms with Gasteiger partial charge in [-0.1, -0.05) is 20.8 Å². The first-order valence-electron chi connectivity index (χ1n) is 18.8. The molecule has 5 unspecified atom stereocenters. The number of rotatable bonds is 19. The second-order valence-electron chi connectivity index (χ2n) is 16.6. The van der Waals surface area contributed by atoms with Crippen LogP contribution in [0.4, 0.5) is 0 Å². The molecule has 4 aliphatic rings. The molecule has 0 aromatic carbocycles. The Hall–Kier alpha value is 0.219. The SMILES string of the molecule is CC(CCC(=O)[O-])[C@H]1CCC2C3CCC4C[C@@H](NC(=O)CC[C@H](C(=O)[O-])N(CCN(CC(=O)[O-])CC(=O)[O-])CC(=O)[O-])CC[C@]4(C)C3C[C@H](O)[C@@]21C.[Mn+2].[Na+].[Na+].[Na+]. The smallest absolute Gasteiger partial charge is 0.550 e. The van der Waals surface area contributed by atoms with Gasteiger partial charge in [-0.05, 0) is 117 Å². The number of nitrogens with one attached hydrogen (secondary N) is 1. The molecule has 0 aliphatic heterocycles. The number of nitrogens with zero attached hydrogens (tertiary/aromatic N) is 2.